The molecule has 0 unspecified atom stereocenters. The Balaban J connectivity index is 1.81. The molecule has 4 nitrogen and oxygen atoms in total. The van der Waals surface area contributed by atoms with Gasteiger partial charge in [0.25, 0.3) is 5.91 Å². The summed E-state index contributed by atoms with van der Waals surface area (Å²) in [5, 5.41) is 5.72. The molecule has 114 valence electrons. The molecule has 0 heterocycles. The second kappa shape index (κ2) is 7.77. The highest BCUT2D eigenvalue weighted by Crippen LogP contribution is 2.23. The first-order valence-corrected chi connectivity index (χ1v) is 8.48. The second-order valence-electron chi connectivity index (χ2n) is 5.60. The Morgan fingerprint density at radius 2 is 1.95 bits per heavy atom. The van der Waals surface area contributed by atoms with Crippen LogP contribution in [0.15, 0.2) is 24.3 Å². The van der Waals surface area contributed by atoms with Gasteiger partial charge >= 0.3 is 0 Å². The lowest BCUT2D eigenvalue weighted by Crippen LogP contribution is -2.45. The van der Waals surface area contributed by atoms with Gasteiger partial charge in [-0.1, -0.05) is 31.9 Å². The molecule has 2 rings (SSSR count). The molecule has 1 aromatic carbocycles. The van der Waals surface area contributed by atoms with Gasteiger partial charge in [-0.25, -0.2) is 0 Å². The van der Waals surface area contributed by atoms with Crippen molar-refractivity contribution < 1.29 is 9.59 Å². The minimum atomic E-state index is -0.202. The lowest BCUT2D eigenvalue weighted by atomic mass is 9.86. The van der Waals surface area contributed by atoms with Crippen molar-refractivity contribution in [2.75, 3.05) is 6.54 Å². The van der Waals surface area contributed by atoms with Crippen LogP contribution in [-0.4, -0.2) is 24.4 Å². The lowest BCUT2D eigenvalue weighted by molar-refractivity contribution is -0.121. The van der Waals surface area contributed by atoms with Crippen molar-refractivity contribution in [2.45, 2.75) is 38.6 Å². The Labute approximate surface area is 139 Å². The van der Waals surface area contributed by atoms with E-state index in [1.54, 1.807) is 6.07 Å². The van der Waals surface area contributed by atoms with E-state index in [0.29, 0.717) is 11.5 Å². The highest BCUT2D eigenvalue weighted by molar-refractivity contribution is 14.1. The molecule has 0 spiro atoms. The molecule has 0 aromatic heterocycles. The normalized spacial score (nSPS) is 21.6. The van der Waals surface area contributed by atoms with Crippen LogP contribution in [-0.2, 0) is 4.79 Å². The molecule has 0 radical (unpaired) electrons. The minimum absolute atomic E-state index is 0.0347. The number of hydrogen-bond acceptors (Lipinski definition) is 2. The number of carbonyl (C=O) groups is 2. The maximum Gasteiger partial charge on any atom is 0.252 e. The number of amides is 2. The van der Waals surface area contributed by atoms with Gasteiger partial charge in [-0.05, 0) is 53.5 Å². The smallest absolute Gasteiger partial charge is 0.252 e. The number of benzene rings is 1. The quantitative estimate of drug-likeness (QED) is 0.764. The third-order valence-electron chi connectivity index (χ3n) is 3.99. The van der Waals surface area contributed by atoms with Gasteiger partial charge in [-0.15, -0.1) is 0 Å². The van der Waals surface area contributed by atoms with Gasteiger partial charge in [-0.2, -0.15) is 0 Å². The molecular formula is C16H21IN2O2. The topological polar surface area (TPSA) is 58.2 Å². The molecule has 1 aromatic rings. The van der Waals surface area contributed by atoms with Crippen molar-refractivity contribution in [3.8, 4) is 0 Å². The Kier molecular flexibility index (Phi) is 6.02. The van der Waals surface area contributed by atoms with Crippen LogP contribution in [0.5, 0.6) is 0 Å². The predicted molar refractivity (Wildman–Crippen MR) is 91.1 cm³/mol. The summed E-state index contributed by atoms with van der Waals surface area (Å²) in [5.74, 6) is 0.216. The van der Waals surface area contributed by atoms with E-state index >= 15 is 0 Å². The monoisotopic (exact) mass is 400 g/mol. The first-order chi connectivity index (χ1) is 10.1. The summed E-state index contributed by atoms with van der Waals surface area (Å²) in [6, 6.07) is 7.59. The van der Waals surface area contributed by atoms with Crippen molar-refractivity contribution in [3.05, 3.63) is 33.4 Å². The molecule has 0 bridgehead atoms. The fourth-order valence-corrected chi connectivity index (χ4v) is 3.32. The molecule has 0 saturated heterocycles. The maximum atomic E-state index is 12.0. The molecule has 2 N–H and O–H groups in total. The van der Waals surface area contributed by atoms with E-state index in [2.05, 4.69) is 40.1 Å². The van der Waals surface area contributed by atoms with Gasteiger partial charge < -0.3 is 10.6 Å². The number of rotatable bonds is 4. The van der Waals surface area contributed by atoms with Crippen molar-refractivity contribution in [1.29, 1.82) is 0 Å². The van der Waals surface area contributed by atoms with Crippen LogP contribution in [0.1, 0.15) is 43.0 Å². The summed E-state index contributed by atoms with van der Waals surface area (Å²) in [5.41, 5.74) is 0.608. The first-order valence-electron chi connectivity index (χ1n) is 7.40. The zero-order valence-corrected chi connectivity index (χ0v) is 14.4. The van der Waals surface area contributed by atoms with E-state index in [1.165, 1.54) is 19.3 Å². The largest absolute Gasteiger partial charge is 0.352 e. The molecule has 5 heteroatoms. The van der Waals surface area contributed by atoms with Crippen LogP contribution in [0.3, 0.4) is 0 Å². The highest BCUT2D eigenvalue weighted by atomic mass is 127. The zero-order valence-electron chi connectivity index (χ0n) is 12.2. The van der Waals surface area contributed by atoms with Gasteiger partial charge in [0.15, 0.2) is 0 Å². The van der Waals surface area contributed by atoms with Crippen molar-refractivity contribution in [3.63, 3.8) is 0 Å². The third kappa shape index (κ3) is 4.69. The Bertz CT molecular complexity index is 519. The lowest BCUT2D eigenvalue weighted by Gasteiger charge is -2.29. The fourth-order valence-electron chi connectivity index (χ4n) is 2.69. The summed E-state index contributed by atoms with van der Waals surface area (Å²) in [7, 11) is 0. The van der Waals surface area contributed by atoms with Gasteiger partial charge in [0.05, 0.1) is 12.1 Å². The van der Waals surface area contributed by atoms with Gasteiger partial charge in [0, 0.05) is 9.61 Å². The molecular weight excluding hydrogens is 379 g/mol. The average Bonchev–Trinajstić information content (AvgIpc) is 2.48. The summed E-state index contributed by atoms with van der Waals surface area (Å²) >= 11 is 2.12. The number of carbonyl (C=O) groups excluding carboxylic acids is 2. The molecule has 2 atom stereocenters. The summed E-state index contributed by atoms with van der Waals surface area (Å²) in [6.07, 6.45) is 4.62. The molecule has 1 aliphatic rings. The predicted octanol–water partition coefficient (Wildman–Crippen LogP) is 2.72. The van der Waals surface area contributed by atoms with Gasteiger partial charge in [0.1, 0.15) is 0 Å². The average molecular weight is 400 g/mol. The van der Waals surface area contributed by atoms with E-state index in [4.69, 9.17) is 0 Å². The zero-order chi connectivity index (χ0) is 15.2. The van der Waals surface area contributed by atoms with Crippen LogP contribution in [0.2, 0.25) is 0 Å². The SMILES string of the molecule is C[C@@H]1CCCC[C@@H]1NC(=O)CNC(=O)c1ccccc1I. The van der Waals surface area contributed by atoms with Crippen LogP contribution < -0.4 is 10.6 Å². The Morgan fingerprint density at radius 3 is 2.67 bits per heavy atom. The van der Waals surface area contributed by atoms with Crippen molar-refractivity contribution in [1.82, 2.24) is 10.6 Å². The summed E-state index contributed by atoms with van der Waals surface area (Å²) in [6.45, 7) is 2.21. The van der Waals surface area contributed by atoms with Crippen LogP contribution in [0, 0.1) is 9.49 Å². The van der Waals surface area contributed by atoms with Crippen molar-refractivity contribution in [2.24, 2.45) is 5.92 Å². The Hall–Kier alpha value is -1.11. The standard InChI is InChI=1S/C16H21IN2O2/c1-11-6-2-5-9-14(11)19-15(20)10-18-16(21)12-7-3-4-8-13(12)17/h3-4,7-8,11,14H,2,5-6,9-10H2,1H3,(H,18,21)(H,19,20)/t11-,14+/m1/s1. The van der Waals surface area contributed by atoms with Gasteiger partial charge in [0.2, 0.25) is 5.91 Å². The second-order valence-corrected chi connectivity index (χ2v) is 6.76. The molecule has 1 aliphatic carbocycles. The molecule has 21 heavy (non-hydrogen) atoms. The fraction of sp³-hybridized carbons (Fsp3) is 0.500. The van der Waals surface area contributed by atoms with Crippen LogP contribution in [0.4, 0.5) is 0 Å². The number of halogens is 1. The van der Waals surface area contributed by atoms with Crippen LogP contribution >= 0.6 is 22.6 Å². The van der Waals surface area contributed by atoms with E-state index in [0.717, 1.165) is 9.99 Å². The van der Waals surface area contributed by atoms with Crippen LogP contribution in [0.25, 0.3) is 0 Å². The summed E-state index contributed by atoms with van der Waals surface area (Å²) in [4.78, 5) is 24.0. The number of hydrogen-bond donors (Lipinski definition) is 2. The third-order valence-corrected chi connectivity index (χ3v) is 4.93. The van der Waals surface area contributed by atoms with E-state index in [-0.39, 0.29) is 24.4 Å². The van der Waals surface area contributed by atoms with Crippen molar-refractivity contribution >= 4 is 34.4 Å². The Morgan fingerprint density at radius 1 is 1.24 bits per heavy atom. The molecule has 1 fully saturated rings. The molecule has 2 amide bonds. The van der Waals surface area contributed by atoms with E-state index < -0.39 is 0 Å². The number of nitrogens with one attached hydrogen (secondary N) is 2. The molecule has 0 aliphatic heterocycles. The first kappa shape index (κ1) is 16.3. The van der Waals surface area contributed by atoms with E-state index in [9.17, 15) is 9.59 Å². The highest BCUT2D eigenvalue weighted by Gasteiger charge is 2.22. The maximum absolute atomic E-state index is 12.0. The summed E-state index contributed by atoms with van der Waals surface area (Å²) < 4.78 is 0.883. The molecule has 1 saturated carbocycles. The van der Waals surface area contributed by atoms with Gasteiger partial charge in [-0.3, -0.25) is 9.59 Å². The van der Waals surface area contributed by atoms with E-state index in [1.807, 2.05) is 18.2 Å². The minimum Gasteiger partial charge on any atom is -0.352 e.